The van der Waals surface area contributed by atoms with E-state index in [0.717, 1.165) is 16.8 Å². The Morgan fingerprint density at radius 3 is 2.56 bits per heavy atom. The van der Waals surface area contributed by atoms with Gasteiger partial charge in [0.15, 0.2) is 5.78 Å². The number of nitrogens with one attached hydrogen (secondary N) is 2. The SMILES string of the molecule is C/C=C(/CCNc1cc(C(=O)COC(C)(C)C)ccc1C)C(Cl)=NC(=N)Cl. The van der Waals surface area contributed by atoms with Crippen molar-refractivity contribution in [3.8, 4) is 0 Å². The molecular formula is C20H27Cl2N3O2. The Bertz CT molecular complexity index is 750. The minimum atomic E-state index is -0.357. The zero-order valence-electron chi connectivity index (χ0n) is 16.5. The molecule has 2 N–H and O–H groups in total. The topological polar surface area (TPSA) is 74.5 Å². The van der Waals surface area contributed by atoms with Crippen LogP contribution >= 0.6 is 23.2 Å². The normalized spacial score (nSPS) is 12.9. The molecule has 0 fully saturated rings. The van der Waals surface area contributed by atoms with E-state index in [-0.39, 0.29) is 28.5 Å². The van der Waals surface area contributed by atoms with Crippen LogP contribution in [0, 0.1) is 12.3 Å². The van der Waals surface area contributed by atoms with Crippen molar-refractivity contribution in [3.05, 3.63) is 41.0 Å². The van der Waals surface area contributed by atoms with Gasteiger partial charge in [0, 0.05) is 17.8 Å². The van der Waals surface area contributed by atoms with Gasteiger partial charge in [-0.2, -0.15) is 0 Å². The number of aryl methyl sites for hydroxylation is 1. The number of nitrogens with zero attached hydrogens (tertiary/aromatic N) is 1. The molecule has 0 atom stereocenters. The van der Waals surface area contributed by atoms with Crippen molar-refractivity contribution in [2.75, 3.05) is 18.5 Å². The summed E-state index contributed by atoms with van der Waals surface area (Å²) in [6.07, 6.45) is 2.44. The van der Waals surface area contributed by atoms with E-state index in [0.29, 0.717) is 18.5 Å². The highest BCUT2D eigenvalue weighted by atomic mass is 35.5. The number of ether oxygens (including phenoxy) is 1. The van der Waals surface area contributed by atoms with E-state index in [1.165, 1.54) is 0 Å². The number of halogens is 2. The minimum Gasteiger partial charge on any atom is -0.384 e. The average Bonchev–Trinajstić information content (AvgIpc) is 2.56. The lowest BCUT2D eigenvalue weighted by atomic mass is 10.1. The first-order valence-electron chi connectivity index (χ1n) is 8.69. The van der Waals surface area contributed by atoms with Gasteiger partial charge < -0.3 is 10.1 Å². The van der Waals surface area contributed by atoms with Crippen molar-refractivity contribution in [1.29, 1.82) is 5.41 Å². The van der Waals surface area contributed by atoms with Gasteiger partial charge in [0.2, 0.25) is 5.29 Å². The van der Waals surface area contributed by atoms with Gasteiger partial charge in [-0.05, 0) is 69.8 Å². The fourth-order valence-electron chi connectivity index (χ4n) is 2.21. The molecule has 1 aromatic carbocycles. The van der Waals surface area contributed by atoms with Crippen LogP contribution in [0.25, 0.3) is 0 Å². The molecule has 1 rings (SSSR count). The first-order valence-corrected chi connectivity index (χ1v) is 9.44. The molecule has 148 valence electrons. The Morgan fingerprint density at radius 2 is 2.00 bits per heavy atom. The summed E-state index contributed by atoms with van der Waals surface area (Å²) in [5.74, 6) is -0.0575. The summed E-state index contributed by atoms with van der Waals surface area (Å²) in [5, 5.41) is 10.4. The number of ketones is 1. The van der Waals surface area contributed by atoms with Gasteiger partial charge in [-0.25, -0.2) is 4.99 Å². The standard InChI is InChI=1S/C20H27Cl2N3O2/c1-6-14(18(21)25-19(22)23)9-10-24-16-11-15(8-7-13(16)2)17(26)12-27-20(3,4)5/h6-8,11,23-24H,9-10,12H2,1-5H3/b14-6-,23-19?,25-18?. The third-order valence-corrected chi connectivity index (χ3v) is 4.13. The van der Waals surface area contributed by atoms with Crippen LogP contribution in [0.1, 0.15) is 50.0 Å². The number of benzene rings is 1. The van der Waals surface area contributed by atoms with Crippen LogP contribution in [0.15, 0.2) is 34.8 Å². The number of hydrogen-bond acceptors (Lipinski definition) is 4. The lowest BCUT2D eigenvalue weighted by Crippen LogP contribution is -2.23. The molecule has 1 aromatic rings. The van der Waals surface area contributed by atoms with E-state index >= 15 is 0 Å². The molecular weight excluding hydrogens is 385 g/mol. The molecule has 0 heterocycles. The number of carbonyl (C=O) groups is 1. The molecule has 7 heteroatoms. The molecule has 27 heavy (non-hydrogen) atoms. The molecule has 0 aliphatic carbocycles. The summed E-state index contributed by atoms with van der Waals surface area (Å²) in [7, 11) is 0. The molecule has 0 aliphatic heterocycles. The quantitative estimate of drug-likeness (QED) is 0.254. The number of aliphatic imine (C=N–C) groups is 1. The molecule has 5 nitrogen and oxygen atoms in total. The Labute approximate surface area is 171 Å². The molecule has 0 aromatic heterocycles. The smallest absolute Gasteiger partial charge is 0.216 e. The van der Waals surface area contributed by atoms with Crippen LogP contribution in [0.3, 0.4) is 0 Å². The number of anilines is 1. The summed E-state index contributed by atoms with van der Waals surface area (Å²) in [5.41, 5.74) is 2.95. The number of carbonyl (C=O) groups excluding carboxylic acids is 1. The van der Waals surface area contributed by atoms with Crippen molar-refractivity contribution in [2.45, 2.75) is 46.6 Å². The van der Waals surface area contributed by atoms with Gasteiger partial charge in [0.05, 0.1) is 5.60 Å². The number of rotatable bonds is 8. The number of hydrogen-bond donors (Lipinski definition) is 2. The highest BCUT2D eigenvalue weighted by Gasteiger charge is 2.15. The molecule has 0 amide bonds. The second-order valence-electron chi connectivity index (χ2n) is 7.04. The molecule has 0 spiro atoms. The molecule has 0 bridgehead atoms. The summed E-state index contributed by atoms with van der Waals surface area (Å²) in [4.78, 5) is 16.1. The fraction of sp³-hybridized carbons (Fsp3) is 0.450. The maximum absolute atomic E-state index is 12.3. The molecule has 0 unspecified atom stereocenters. The van der Waals surface area contributed by atoms with Crippen molar-refractivity contribution >= 4 is 45.1 Å². The van der Waals surface area contributed by atoms with E-state index in [4.69, 9.17) is 33.3 Å². The molecule has 0 saturated heterocycles. The molecule has 0 aliphatic rings. The van der Waals surface area contributed by atoms with Gasteiger partial charge in [-0.3, -0.25) is 10.2 Å². The Balaban J connectivity index is 2.75. The Morgan fingerprint density at radius 1 is 1.33 bits per heavy atom. The Kier molecular flexibility index (Phi) is 9.16. The summed E-state index contributed by atoms with van der Waals surface area (Å²) < 4.78 is 5.57. The van der Waals surface area contributed by atoms with Gasteiger partial charge in [-0.15, -0.1) is 0 Å². The van der Waals surface area contributed by atoms with E-state index in [9.17, 15) is 4.79 Å². The number of allylic oxidation sites excluding steroid dienone is 1. The summed E-state index contributed by atoms with van der Waals surface area (Å²) in [6.45, 7) is 10.2. The van der Waals surface area contributed by atoms with Crippen LogP contribution in [-0.2, 0) is 4.74 Å². The van der Waals surface area contributed by atoms with Crippen LogP contribution in [0.5, 0.6) is 0 Å². The average molecular weight is 412 g/mol. The highest BCUT2D eigenvalue weighted by molar-refractivity contribution is 6.73. The van der Waals surface area contributed by atoms with Crippen LogP contribution in [0.2, 0.25) is 0 Å². The van der Waals surface area contributed by atoms with Gasteiger partial charge in [-0.1, -0.05) is 29.8 Å². The second kappa shape index (κ2) is 10.6. The Hall–Kier alpha value is -1.69. The largest absolute Gasteiger partial charge is 0.384 e. The van der Waals surface area contributed by atoms with Crippen molar-refractivity contribution < 1.29 is 9.53 Å². The molecule has 0 saturated carbocycles. The highest BCUT2D eigenvalue weighted by Crippen LogP contribution is 2.19. The van der Waals surface area contributed by atoms with E-state index in [1.807, 2.05) is 58.9 Å². The van der Waals surface area contributed by atoms with Gasteiger partial charge >= 0.3 is 0 Å². The lowest BCUT2D eigenvalue weighted by molar-refractivity contribution is 0.00307. The maximum Gasteiger partial charge on any atom is 0.216 e. The third kappa shape index (κ3) is 8.69. The summed E-state index contributed by atoms with van der Waals surface area (Å²) >= 11 is 11.5. The second-order valence-corrected chi connectivity index (χ2v) is 7.75. The predicted molar refractivity (Wildman–Crippen MR) is 115 cm³/mol. The third-order valence-electron chi connectivity index (χ3n) is 3.72. The van der Waals surface area contributed by atoms with E-state index in [2.05, 4.69) is 10.3 Å². The van der Waals surface area contributed by atoms with E-state index < -0.39 is 0 Å². The first kappa shape index (κ1) is 23.3. The van der Waals surface area contributed by atoms with Gasteiger partial charge in [0.1, 0.15) is 11.8 Å². The molecule has 0 radical (unpaired) electrons. The number of amidine groups is 1. The van der Waals surface area contributed by atoms with Crippen LogP contribution in [-0.4, -0.2) is 35.0 Å². The predicted octanol–water partition coefficient (Wildman–Crippen LogP) is 5.55. The van der Waals surface area contributed by atoms with Crippen LogP contribution < -0.4 is 5.32 Å². The van der Waals surface area contributed by atoms with Crippen molar-refractivity contribution in [2.24, 2.45) is 4.99 Å². The zero-order valence-corrected chi connectivity index (χ0v) is 18.0. The lowest BCUT2D eigenvalue weighted by Gasteiger charge is -2.19. The zero-order chi connectivity index (χ0) is 20.6. The monoisotopic (exact) mass is 411 g/mol. The summed E-state index contributed by atoms with van der Waals surface area (Å²) in [6, 6.07) is 5.55. The number of Topliss-reactive ketones (excluding diaryl/α,β-unsaturated/α-hetero) is 1. The first-order chi connectivity index (χ1) is 12.5. The van der Waals surface area contributed by atoms with Gasteiger partial charge in [0.25, 0.3) is 0 Å². The minimum absolute atomic E-state index is 0.0468. The fourth-order valence-corrected chi connectivity index (χ4v) is 2.62. The van der Waals surface area contributed by atoms with E-state index in [1.54, 1.807) is 0 Å². The van der Waals surface area contributed by atoms with Crippen molar-refractivity contribution in [1.82, 2.24) is 0 Å². The maximum atomic E-state index is 12.3. The van der Waals surface area contributed by atoms with Crippen molar-refractivity contribution in [3.63, 3.8) is 0 Å². The van der Waals surface area contributed by atoms with Crippen LogP contribution in [0.4, 0.5) is 5.69 Å².